The van der Waals surface area contributed by atoms with E-state index in [0.717, 1.165) is 31.4 Å². The number of amides is 1. The molecule has 0 aliphatic heterocycles. The van der Waals surface area contributed by atoms with Gasteiger partial charge < -0.3 is 14.0 Å². The van der Waals surface area contributed by atoms with Gasteiger partial charge in [0.1, 0.15) is 12.4 Å². The van der Waals surface area contributed by atoms with Crippen LogP contribution in [0.3, 0.4) is 0 Å². The third kappa shape index (κ3) is 4.17. The van der Waals surface area contributed by atoms with Crippen LogP contribution < -0.4 is 0 Å². The molecular formula is C25H31FN4O2. The maximum Gasteiger partial charge on any atom is 0.243 e. The number of imidazole rings is 1. The summed E-state index contributed by atoms with van der Waals surface area (Å²) in [5.41, 5.74) is 1.99. The summed E-state index contributed by atoms with van der Waals surface area (Å²) < 4.78 is 21.4. The number of benzene rings is 1. The highest BCUT2D eigenvalue weighted by molar-refractivity contribution is 5.84. The van der Waals surface area contributed by atoms with Crippen molar-refractivity contribution in [2.24, 2.45) is 0 Å². The van der Waals surface area contributed by atoms with Crippen LogP contribution in [-0.4, -0.2) is 37.6 Å². The molecule has 2 aliphatic rings. The molecule has 7 heteroatoms. The van der Waals surface area contributed by atoms with Crippen molar-refractivity contribution in [3.8, 4) is 11.6 Å². The molecular weight excluding hydrogens is 407 g/mol. The van der Waals surface area contributed by atoms with Crippen LogP contribution in [0.4, 0.5) is 4.39 Å². The van der Waals surface area contributed by atoms with E-state index in [9.17, 15) is 9.18 Å². The highest BCUT2D eigenvalue weighted by Crippen LogP contribution is 2.32. The molecule has 2 aliphatic carbocycles. The first-order valence-electron chi connectivity index (χ1n) is 12.0. The molecule has 2 saturated carbocycles. The van der Waals surface area contributed by atoms with Gasteiger partial charge in [0.05, 0.1) is 16.7 Å². The van der Waals surface area contributed by atoms with Gasteiger partial charge >= 0.3 is 0 Å². The molecule has 5 rings (SSSR count). The second-order valence-electron chi connectivity index (χ2n) is 9.37. The summed E-state index contributed by atoms with van der Waals surface area (Å²) in [6, 6.07) is 6.92. The Hall–Kier alpha value is -2.70. The van der Waals surface area contributed by atoms with Crippen molar-refractivity contribution in [1.29, 1.82) is 0 Å². The van der Waals surface area contributed by atoms with Crippen molar-refractivity contribution in [1.82, 2.24) is 19.6 Å². The predicted octanol–water partition coefficient (Wildman–Crippen LogP) is 5.63. The number of aromatic nitrogens is 3. The molecule has 0 unspecified atom stereocenters. The minimum atomic E-state index is -0.345. The van der Waals surface area contributed by atoms with Crippen LogP contribution in [0.15, 0.2) is 28.8 Å². The zero-order valence-electron chi connectivity index (χ0n) is 18.7. The number of fused-ring (bicyclic) bond motifs is 1. The van der Waals surface area contributed by atoms with Crippen molar-refractivity contribution in [2.75, 3.05) is 0 Å². The number of hydrogen-bond donors (Lipinski definition) is 0. The Labute approximate surface area is 187 Å². The largest absolute Gasteiger partial charge is 0.353 e. The Morgan fingerprint density at radius 1 is 1.06 bits per heavy atom. The number of rotatable bonds is 5. The van der Waals surface area contributed by atoms with E-state index in [1.807, 2.05) is 6.92 Å². The minimum Gasteiger partial charge on any atom is -0.353 e. The van der Waals surface area contributed by atoms with E-state index < -0.39 is 0 Å². The quantitative estimate of drug-likeness (QED) is 0.518. The lowest BCUT2D eigenvalue weighted by Crippen LogP contribution is -2.50. The molecule has 0 saturated heterocycles. The molecule has 2 heterocycles. The van der Waals surface area contributed by atoms with Gasteiger partial charge in [-0.15, -0.1) is 0 Å². The number of carbonyl (C=O) groups is 1. The summed E-state index contributed by atoms with van der Waals surface area (Å²) in [4.78, 5) is 20.7. The van der Waals surface area contributed by atoms with Crippen molar-refractivity contribution >= 4 is 16.9 Å². The first-order chi connectivity index (χ1) is 15.6. The summed E-state index contributed by atoms with van der Waals surface area (Å²) in [6.45, 7) is 1.97. The number of aryl methyl sites for hydroxylation is 1. The van der Waals surface area contributed by atoms with Crippen molar-refractivity contribution < 1.29 is 13.7 Å². The maximum absolute atomic E-state index is 14.1. The molecule has 0 atom stereocenters. The Morgan fingerprint density at radius 2 is 1.72 bits per heavy atom. The molecule has 32 heavy (non-hydrogen) atoms. The van der Waals surface area contributed by atoms with E-state index in [4.69, 9.17) is 4.52 Å². The Bertz CT molecular complexity index is 1070. The zero-order chi connectivity index (χ0) is 22.1. The smallest absolute Gasteiger partial charge is 0.243 e. The van der Waals surface area contributed by atoms with Crippen LogP contribution in [0.1, 0.15) is 69.9 Å². The highest BCUT2D eigenvalue weighted by Gasteiger charge is 2.33. The van der Waals surface area contributed by atoms with E-state index in [0.29, 0.717) is 34.7 Å². The first kappa shape index (κ1) is 21.2. The molecule has 1 aromatic carbocycles. The average molecular weight is 439 g/mol. The van der Waals surface area contributed by atoms with E-state index in [1.54, 1.807) is 16.7 Å². The summed E-state index contributed by atoms with van der Waals surface area (Å²) in [5, 5.41) is 3.99. The van der Waals surface area contributed by atoms with Crippen LogP contribution in [0, 0.1) is 12.7 Å². The monoisotopic (exact) mass is 438 g/mol. The fraction of sp³-hybridized carbons (Fsp3) is 0.560. The number of halogens is 1. The van der Waals surface area contributed by atoms with Crippen LogP contribution in [-0.2, 0) is 11.3 Å². The number of hydrogen-bond acceptors (Lipinski definition) is 4. The Morgan fingerprint density at radius 3 is 2.31 bits per heavy atom. The summed E-state index contributed by atoms with van der Waals surface area (Å²) in [5.74, 6) is 0.772. The second-order valence-corrected chi connectivity index (χ2v) is 9.37. The third-order valence-corrected chi connectivity index (χ3v) is 7.08. The van der Waals surface area contributed by atoms with Gasteiger partial charge in [-0.3, -0.25) is 4.79 Å². The lowest BCUT2D eigenvalue weighted by atomic mass is 9.88. The fourth-order valence-corrected chi connectivity index (χ4v) is 5.55. The molecule has 0 bridgehead atoms. The Kier molecular flexibility index (Phi) is 5.98. The normalized spacial score (nSPS) is 18.3. The summed E-state index contributed by atoms with van der Waals surface area (Å²) >= 11 is 0. The van der Waals surface area contributed by atoms with E-state index in [2.05, 4.69) is 15.0 Å². The van der Waals surface area contributed by atoms with Gasteiger partial charge in [0.2, 0.25) is 11.7 Å². The number of carbonyl (C=O) groups excluding carboxylic acids is 1. The lowest BCUT2D eigenvalue weighted by Gasteiger charge is -2.42. The van der Waals surface area contributed by atoms with Gasteiger partial charge in [-0.25, -0.2) is 9.37 Å². The third-order valence-electron chi connectivity index (χ3n) is 7.08. The molecule has 0 radical (unpaired) electrons. The average Bonchev–Trinajstić information content (AvgIpc) is 3.39. The highest BCUT2D eigenvalue weighted by atomic mass is 19.1. The van der Waals surface area contributed by atoms with Gasteiger partial charge in [0.25, 0.3) is 0 Å². The van der Waals surface area contributed by atoms with Gasteiger partial charge in [0, 0.05) is 18.2 Å². The van der Waals surface area contributed by atoms with Crippen LogP contribution >= 0.6 is 0 Å². The molecule has 2 aromatic heterocycles. The molecule has 1 amide bonds. The standard InChI is InChI=1S/C25H31FN4O2/c1-17-14-23(32-28-17)25-27-21-13-12-18(26)15-22(21)29(25)16-24(31)30(19-8-4-2-5-9-19)20-10-6-3-7-11-20/h12-15,19-20H,2-11,16H2,1H3. The van der Waals surface area contributed by atoms with E-state index in [-0.39, 0.29) is 18.3 Å². The summed E-state index contributed by atoms with van der Waals surface area (Å²) in [7, 11) is 0. The van der Waals surface area contributed by atoms with Gasteiger partial charge in [-0.1, -0.05) is 43.7 Å². The minimum absolute atomic E-state index is 0.102. The summed E-state index contributed by atoms with van der Waals surface area (Å²) in [6.07, 6.45) is 11.6. The van der Waals surface area contributed by atoms with E-state index >= 15 is 0 Å². The van der Waals surface area contributed by atoms with Crippen molar-refractivity contribution in [2.45, 2.75) is 89.8 Å². The predicted molar refractivity (Wildman–Crippen MR) is 121 cm³/mol. The zero-order valence-corrected chi connectivity index (χ0v) is 18.7. The maximum atomic E-state index is 14.1. The van der Waals surface area contributed by atoms with Crippen LogP contribution in [0.2, 0.25) is 0 Å². The van der Waals surface area contributed by atoms with Crippen molar-refractivity contribution in [3.05, 3.63) is 35.8 Å². The molecule has 2 fully saturated rings. The molecule has 3 aromatic rings. The molecule has 0 N–H and O–H groups in total. The topological polar surface area (TPSA) is 64.2 Å². The van der Waals surface area contributed by atoms with Gasteiger partial charge in [-0.2, -0.15) is 0 Å². The molecule has 6 nitrogen and oxygen atoms in total. The van der Waals surface area contributed by atoms with Gasteiger partial charge in [-0.05, 0) is 50.8 Å². The first-order valence-corrected chi connectivity index (χ1v) is 12.0. The Balaban J connectivity index is 1.52. The number of nitrogens with zero attached hydrogens (tertiary/aromatic N) is 4. The van der Waals surface area contributed by atoms with Crippen molar-refractivity contribution in [3.63, 3.8) is 0 Å². The second kappa shape index (κ2) is 9.04. The molecule has 170 valence electrons. The lowest BCUT2D eigenvalue weighted by molar-refractivity contribution is -0.138. The van der Waals surface area contributed by atoms with Crippen LogP contribution in [0.5, 0.6) is 0 Å². The fourth-order valence-electron chi connectivity index (χ4n) is 5.55. The van der Waals surface area contributed by atoms with Crippen LogP contribution in [0.25, 0.3) is 22.6 Å². The SMILES string of the molecule is Cc1cc(-c2nc3ccc(F)cc3n2CC(=O)N(C2CCCCC2)C2CCCCC2)on1. The van der Waals surface area contributed by atoms with Gasteiger partial charge in [0.15, 0.2) is 5.82 Å². The van der Waals surface area contributed by atoms with E-state index in [1.165, 1.54) is 50.7 Å². The molecule has 0 spiro atoms.